The molecule has 2 saturated heterocycles. The molecule has 3 aliphatic carbocycles. The van der Waals surface area contributed by atoms with Gasteiger partial charge in [0.2, 0.25) is 5.91 Å². The maximum absolute atomic E-state index is 13.2. The zero-order valence-electron chi connectivity index (χ0n) is 19.0. The number of rotatable bonds is 4. The fourth-order valence-corrected chi connectivity index (χ4v) is 7.47. The van der Waals surface area contributed by atoms with Crippen molar-refractivity contribution in [2.45, 2.75) is 57.7 Å². The van der Waals surface area contributed by atoms with Gasteiger partial charge in [0, 0.05) is 17.8 Å². The molecule has 4 fully saturated rings. The summed E-state index contributed by atoms with van der Waals surface area (Å²) in [5, 5.41) is 12.9. The zero-order chi connectivity index (χ0) is 24.0. The predicted molar refractivity (Wildman–Crippen MR) is 121 cm³/mol. The van der Waals surface area contributed by atoms with Gasteiger partial charge in [0.25, 0.3) is 5.56 Å². The summed E-state index contributed by atoms with van der Waals surface area (Å²) in [5.41, 5.74) is -1.97. The number of aromatic amines is 1. The number of ether oxygens (including phenoxy) is 1. The Morgan fingerprint density at radius 3 is 2.82 bits per heavy atom. The van der Waals surface area contributed by atoms with Crippen LogP contribution in [0, 0.1) is 22.7 Å². The maximum Gasteiger partial charge on any atom is 0.419 e. The lowest BCUT2D eigenvalue weighted by Gasteiger charge is -2.55. The predicted octanol–water partition coefficient (Wildman–Crippen LogP) is 2.62. The molecule has 1 amide bonds. The second-order valence-electron chi connectivity index (χ2n) is 10.8. The first-order valence-electron chi connectivity index (χ1n) is 11.7. The van der Waals surface area contributed by atoms with Crippen molar-refractivity contribution in [1.82, 2.24) is 4.98 Å². The molecule has 2 aliphatic heterocycles. The fraction of sp³-hybridized carbons (Fsp3) is 0.520. The van der Waals surface area contributed by atoms with Gasteiger partial charge in [-0.05, 0) is 62.1 Å². The van der Waals surface area contributed by atoms with Crippen molar-refractivity contribution in [3.8, 4) is 5.75 Å². The Kier molecular flexibility index (Phi) is 4.20. The van der Waals surface area contributed by atoms with Crippen molar-refractivity contribution >= 4 is 28.3 Å². The average molecular weight is 466 g/mol. The van der Waals surface area contributed by atoms with Crippen molar-refractivity contribution in [2.24, 2.45) is 22.7 Å². The molecule has 9 nitrogen and oxygen atoms in total. The Bertz CT molecular complexity index is 1410. The number of anilines is 1. The van der Waals surface area contributed by atoms with Crippen LogP contribution >= 0.6 is 0 Å². The summed E-state index contributed by atoms with van der Waals surface area (Å²) in [6.45, 7) is 4.11. The topological polar surface area (TPSA) is 139 Å². The Balaban J connectivity index is 1.27. The lowest BCUT2D eigenvalue weighted by atomic mass is 9.51. The quantitative estimate of drug-likeness (QED) is 0.589. The van der Waals surface area contributed by atoms with E-state index in [1.165, 1.54) is 12.1 Å². The van der Waals surface area contributed by atoms with Crippen LogP contribution in [0.15, 0.2) is 38.3 Å². The van der Waals surface area contributed by atoms with Gasteiger partial charge in [-0.3, -0.25) is 19.4 Å². The Labute approximate surface area is 194 Å². The molecular weight excluding hydrogens is 440 g/mol. The zero-order valence-corrected chi connectivity index (χ0v) is 19.0. The van der Waals surface area contributed by atoms with Crippen LogP contribution in [0.25, 0.3) is 11.0 Å². The van der Waals surface area contributed by atoms with E-state index in [9.17, 15) is 24.3 Å². The standard InChI is InChI=1S/C25H26N2O7/c1-23(16(29)5-8-25-10-12-9-15(20(23)25)34-24(12,2)11-25)7-6-17(30)26-18-14(28)4-3-13-19(18)33-22(32)27-21(13)31/h3-5,8,12,15,20,28H,6-7,9-11H2,1-2H3,(H,26,30)(H,27,31,32)/t12-,15+,20?,23-,24+,25+/m1/s1. The molecule has 3 heterocycles. The number of aromatic hydroxyl groups is 1. The molecule has 0 radical (unpaired) electrons. The minimum absolute atomic E-state index is 0.00238. The highest BCUT2D eigenvalue weighted by atomic mass is 16.5. The first-order chi connectivity index (χ1) is 16.0. The van der Waals surface area contributed by atoms with E-state index < -0.39 is 22.6 Å². The van der Waals surface area contributed by atoms with E-state index in [2.05, 4.69) is 18.3 Å². The molecule has 1 aromatic carbocycles. The summed E-state index contributed by atoms with van der Waals surface area (Å²) in [6, 6.07) is 2.55. The maximum atomic E-state index is 13.2. The van der Waals surface area contributed by atoms with Crippen LogP contribution < -0.4 is 16.6 Å². The van der Waals surface area contributed by atoms with Crippen LogP contribution in [-0.2, 0) is 14.3 Å². The molecule has 2 saturated carbocycles. The van der Waals surface area contributed by atoms with Crippen molar-refractivity contribution < 1.29 is 23.8 Å². The summed E-state index contributed by atoms with van der Waals surface area (Å²) in [6.07, 6.45) is 6.98. The third kappa shape index (κ3) is 2.76. The molecule has 2 aromatic rings. The summed E-state index contributed by atoms with van der Waals surface area (Å²) in [7, 11) is 0. The van der Waals surface area contributed by atoms with Crippen molar-refractivity contribution in [3.05, 3.63) is 45.2 Å². The minimum Gasteiger partial charge on any atom is -0.506 e. The molecule has 5 aliphatic rings. The number of amides is 1. The number of fused-ring (bicyclic) bond motifs is 1. The van der Waals surface area contributed by atoms with Crippen molar-refractivity contribution in [2.75, 3.05) is 5.32 Å². The highest BCUT2D eigenvalue weighted by Gasteiger charge is 2.71. The number of carbonyl (C=O) groups is 2. The van der Waals surface area contributed by atoms with Gasteiger partial charge in [0.15, 0.2) is 11.4 Å². The summed E-state index contributed by atoms with van der Waals surface area (Å²) in [5.74, 6) is -1.25. The van der Waals surface area contributed by atoms with E-state index in [0.717, 1.165) is 19.3 Å². The normalized spacial score (nSPS) is 37.4. The number of phenols is 1. The van der Waals surface area contributed by atoms with Crippen LogP contribution in [0.2, 0.25) is 0 Å². The summed E-state index contributed by atoms with van der Waals surface area (Å²) in [4.78, 5) is 51.8. The van der Waals surface area contributed by atoms with Crippen LogP contribution in [0.4, 0.5) is 5.69 Å². The van der Waals surface area contributed by atoms with E-state index in [1.807, 2.05) is 11.9 Å². The third-order valence-electron chi connectivity index (χ3n) is 8.84. The number of phenolic OH excluding ortho intramolecular Hbond substituents is 1. The summed E-state index contributed by atoms with van der Waals surface area (Å²) < 4.78 is 11.5. The molecule has 178 valence electrons. The second-order valence-corrected chi connectivity index (χ2v) is 10.8. The SMILES string of the molecule is C[C@@]1(CCC(=O)Nc2c(O)ccc3c(=O)[nH]c(=O)oc23)C(=O)C=C[C@]23C[C@H]4C[C@H](O[C@@]4(C)C2)C31. The number of allylic oxidation sites excluding steroid dienone is 2. The number of benzene rings is 1. The smallest absolute Gasteiger partial charge is 0.419 e. The molecule has 1 unspecified atom stereocenters. The fourth-order valence-electron chi connectivity index (χ4n) is 7.47. The van der Waals surface area contributed by atoms with Gasteiger partial charge in [-0.25, -0.2) is 4.79 Å². The van der Waals surface area contributed by atoms with Gasteiger partial charge in [0.05, 0.1) is 17.1 Å². The van der Waals surface area contributed by atoms with E-state index in [-0.39, 0.29) is 57.6 Å². The van der Waals surface area contributed by atoms with E-state index >= 15 is 0 Å². The molecule has 7 rings (SSSR count). The number of hydrogen-bond acceptors (Lipinski definition) is 7. The van der Waals surface area contributed by atoms with Gasteiger partial charge in [-0.1, -0.05) is 13.0 Å². The van der Waals surface area contributed by atoms with Gasteiger partial charge < -0.3 is 19.6 Å². The monoisotopic (exact) mass is 466 g/mol. The van der Waals surface area contributed by atoms with E-state index in [4.69, 9.17) is 9.15 Å². The first kappa shape index (κ1) is 21.3. The Morgan fingerprint density at radius 1 is 1.26 bits per heavy atom. The number of aromatic nitrogens is 1. The lowest BCUT2D eigenvalue weighted by Crippen LogP contribution is -2.56. The molecule has 6 atom stereocenters. The molecule has 1 aromatic heterocycles. The number of ketones is 1. The van der Waals surface area contributed by atoms with Crippen molar-refractivity contribution in [1.29, 1.82) is 0 Å². The number of carbonyl (C=O) groups excluding carboxylic acids is 2. The van der Waals surface area contributed by atoms with E-state index in [0.29, 0.717) is 12.3 Å². The average Bonchev–Trinajstić information content (AvgIpc) is 3.13. The minimum atomic E-state index is -0.990. The Morgan fingerprint density at radius 2 is 2.06 bits per heavy atom. The molecule has 1 spiro atoms. The van der Waals surface area contributed by atoms with Crippen LogP contribution in [0.5, 0.6) is 5.75 Å². The van der Waals surface area contributed by atoms with Crippen LogP contribution in [-0.4, -0.2) is 33.5 Å². The summed E-state index contributed by atoms with van der Waals surface area (Å²) >= 11 is 0. The van der Waals surface area contributed by atoms with Gasteiger partial charge >= 0.3 is 5.76 Å². The van der Waals surface area contributed by atoms with Crippen LogP contribution in [0.1, 0.15) is 46.0 Å². The van der Waals surface area contributed by atoms with Crippen LogP contribution in [0.3, 0.4) is 0 Å². The molecule has 4 bridgehead atoms. The molecule has 3 N–H and O–H groups in total. The third-order valence-corrected chi connectivity index (χ3v) is 8.84. The highest BCUT2D eigenvalue weighted by molar-refractivity contribution is 6.02. The largest absolute Gasteiger partial charge is 0.506 e. The number of H-pyrrole nitrogens is 1. The molecule has 34 heavy (non-hydrogen) atoms. The highest BCUT2D eigenvalue weighted by Crippen LogP contribution is 2.71. The first-order valence-corrected chi connectivity index (χ1v) is 11.7. The van der Waals surface area contributed by atoms with Gasteiger partial charge in [-0.2, -0.15) is 0 Å². The van der Waals surface area contributed by atoms with Crippen molar-refractivity contribution in [3.63, 3.8) is 0 Å². The lowest BCUT2D eigenvalue weighted by molar-refractivity contribution is -0.169. The van der Waals surface area contributed by atoms with E-state index in [1.54, 1.807) is 6.08 Å². The molecular formula is C25H26N2O7. The second kappa shape index (κ2) is 6.69. The van der Waals surface area contributed by atoms with Gasteiger partial charge in [0.1, 0.15) is 11.4 Å². The molecule has 9 heteroatoms. The Hall–Kier alpha value is -3.20. The number of nitrogens with one attached hydrogen (secondary N) is 2. The van der Waals surface area contributed by atoms with Gasteiger partial charge in [-0.15, -0.1) is 0 Å². The number of hydrogen-bond donors (Lipinski definition) is 3.